The Morgan fingerprint density at radius 3 is 2.49 bits per heavy atom. The van der Waals surface area contributed by atoms with E-state index in [1.807, 2.05) is 32.9 Å². The molecular formula is C34H44O7. The highest BCUT2D eigenvalue weighted by Gasteiger charge is 2.71. The fourth-order valence-electron chi connectivity index (χ4n) is 8.56. The van der Waals surface area contributed by atoms with Crippen LogP contribution in [0.1, 0.15) is 102 Å². The van der Waals surface area contributed by atoms with Gasteiger partial charge in [-0.15, -0.1) is 0 Å². The second-order valence-corrected chi connectivity index (χ2v) is 14.3. The molecule has 41 heavy (non-hydrogen) atoms. The maximum absolute atomic E-state index is 13.9. The van der Waals surface area contributed by atoms with Crippen LogP contribution in [0.3, 0.4) is 0 Å². The molecule has 3 heterocycles. The van der Waals surface area contributed by atoms with E-state index >= 15 is 0 Å². The van der Waals surface area contributed by atoms with Crippen molar-refractivity contribution in [1.82, 2.24) is 0 Å². The number of phenolic OH excluding ortho intramolecular Hbond substituents is 2. The lowest BCUT2D eigenvalue weighted by atomic mass is 9.59. The molecule has 4 aliphatic rings. The molecule has 3 aliphatic heterocycles. The van der Waals surface area contributed by atoms with Gasteiger partial charge in [0, 0.05) is 48.3 Å². The molecule has 2 aromatic carbocycles. The van der Waals surface area contributed by atoms with Crippen molar-refractivity contribution in [2.24, 2.45) is 10.8 Å². The number of carbonyl (C=O) groups excluding carboxylic acids is 1. The van der Waals surface area contributed by atoms with Gasteiger partial charge in [0.15, 0.2) is 0 Å². The smallest absolute Gasteiger partial charge is 0.217 e. The Bertz CT molecular complexity index is 1410. The normalized spacial score (nSPS) is 34.8. The molecular weight excluding hydrogens is 520 g/mol. The van der Waals surface area contributed by atoms with E-state index in [-0.39, 0.29) is 28.6 Å². The summed E-state index contributed by atoms with van der Waals surface area (Å²) < 4.78 is 25.6. The van der Waals surface area contributed by atoms with Crippen molar-refractivity contribution >= 4 is 5.78 Å². The maximum atomic E-state index is 13.9. The number of Topliss-reactive ketones (excluding diaryl/α,β-unsaturated/α-hetero) is 1. The number of fused-ring (bicyclic) bond motifs is 5. The number of aromatic hydroxyl groups is 2. The fourth-order valence-corrected chi connectivity index (χ4v) is 8.56. The third-order valence-corrected chi connectivity index (χ3v) is 11.0. The zero-order valence-corrected chi connectivity index (χ0v) is 25.5. The Morgan fingerprint density at radius 2 is 1.76 bits per heavy atom. The Kier molecular flexibility index (Phi) is 6.21. The molecule has 0 aromatic heterocycles. The van der Waals surface area contributed by atoms with Crippen LogP contribution in [0, 0.1) is 17.8 Å². The zero-order valence-electron chi connectivity index (χ0n) is 25.5. The Labute approximate surface area is 243 Å². The third-order valence-electron chi connectivity index (χ3n) is 11.0. The first-order valence-corrected chi connectivity index (χ1v) is 15.0. The van der Waals surface area contributed by atoms with Crippen LogP contribution in [-0.2, 0) is 16.0 Å². The largest absolute Gasteiger partial charge is 0.508 e. The quantitative estimate of drug-likeness (QED) is 0.386. The number of ketones is 1. The van der Waals surface area contributed by atoms with E-state index in [1.165, 1.54) is 6.07 Å². The van der Waals surface area contributed by atoms with Crippen LogP contribution < -0.4 is 14.2 Å². The molecule has 0 radical (unpaired) electrons. The van der Waals surface area contributed by atoms with Gasteiger partial charge in [0.05, 0.1) is 12.7 Å². The van der Waals surface area contributed by atoms with Crippen LogP contribution in [0.2, 0.25) is 0 Å². The van der Waals surface area contributed by atoms with Gasteiger partial charge in [-0.2, -0.15) is 0 Å². The number of rotatable bonds is 6. The summed E-state index contributed by atoms with van der Waals surface area (Å²) in [6, 6.07) is 6.97. The lowest BCUT2D eigenvalue weighted by Gasteiger charge is -2.53. The lowest BCUT2D eigenvalue weighted by Crippen LogP contribution is -2.58. The number of benzene rings is 2. The minimum atomic E-state index is -0.972. The number of hydrogen-bond donors (Lipinski definition) is 2. The molecule has 2 unspecified atom stereocenters. The van der Waals surface area contributed by atoms with Gasteiger partial charge in [0.2, 0.25) is 5.79 Å². The number of carbonyl (C=O) groups is 1. The number of methoxy groups -OCH3 is 1. The summed E-state index contributed by atoms with van der Waals surface area (Å²) >= 11 is 0. The second-order valence-electron chi connectivity index (χ2n) is 14.3. The highest BCUT2D eigenvalue weighted by molar-refractivity contribution is 5.80. The monoisotopic (exact) mass is 564 g/mol. The minimum absolute atomic E-state index is 0.0302. The van der Waals surface area contributed by atoms with Gasteiger partial charge in [0.25, 0.3) is 0 Å². The summed E-state index contributed by atoms with van der Waals surface area (Å²) in [7, 11) is 1.67. The van der Waals surface area contributed by atoms with Gasteiger partial charge in [-0.05, 0) is 82.1 Å². The van der Waals surface area contributed by atoms with E-state index in [1.54, 1.807) is 13.2 Å². The molecule has 5 atom stereocenters. The summed E-state index contributed by atoms with van der Waals surface area (Å²) in [5.41, 5.74) is 0.855. The van der Waals surface area contributed by atoms with E-state index in [9.17, 15) is 15.0 Å². The molecule has 2 aromatic rings. The van der Waals surface area contributed by atoms with Crippen LogP contribution in [0.25, 0.3) is 0 Å². The van der Waals surface area contributed by atoms with Crippen molar-refractivity contribution in [3.05, 3.63) is 41.0 Å². The first kappa shape index (κ1) is 28.2. The SMILES string of the molecule is COc1cc(C)c2c(c1)CC[C@](C)(CC(=O)CC1(C)CCCC1(C)[C@]13C[C@H](c4c(O)cc(O)cc4O1)C(C)(C)O3)O2. The predicted molar refractivity (Wildman–Crippen MR) is 155 cm³/mol. The summed E-state index contributed by atoms with van der Waals surface area (Å²) in [5.74, 6) is 1.28. The number of phenols is 2. The topological polar surface area (TPSA) is 94.5 Å². The van der Waals surface area contributed by atoms with Crippen molar-refractivity contribution in [2.45, 2.75) is 116 Å². The maximum Gasteiger partial charge on any atom is 0.217 e. The first-order valence-electron chi connectivity index (χ1n) is 15.0. The van der Waals surface area contributed by atoms with Crippen LogP contribution in [0.4, 0.5) is 0 Å². The lowest BCUT2D eigenvalue weighted by molar-refractivity contribution is -0.279. The number of hydrogen-bond acceptors (Lipinski definition) is 7. The summed E-state index contributed by atoms with van der Waals surface area (Å²) in [6.07, 6.45) is 5.68. The molecule has 2 N–H and O–H groups in total. The Morgan fingerprint density at radius 1 is 1.00 bits per heavy atom. The van der Waals surface area contributed by atoms with E-state index in [0.717, 1.165) is 54.7 Å². The minimum Gasteiger partial charge on any atom is -0.508 e. The standard InChI is InChI=1S/C34H44O7/c1-20-13-24(38-7)14-21-9-12-32(5,40-29(20)21)18-23(36)17-31(4)10-8-11-33(31,6)34-19-25(30(2,3)41-34)28-26(37)15-22(35)16-27(28)39-34/h13-16,25,35,37H,8-12,17-19H2,1-7H3/t25-,31?,32-,33?,34-/m1/s1. The number of ether oxygens (including phenoxy) is 4. The highest BCUT2D eigenvalue weighted by Crippen LogP contribution is 2.70. The molecule has 1 aliphatic carbocycles. The van der Waals surface area contributed by atoms with Gasteiger partial charge in [-0.1, -0.05) is 20.3 Å². The van der Waals surface area contributed by atoms with Gasteiger partial charge >= 0.3 is 0 Å². The number of aryl methyl sites for hydroxylation is 2. The summed E-state index contributed by atoms with van der Waals surface area (Å²) in [4.78, 5) is 13.9. The molecule has 0 amide bonds. The van der Waals surface area contributed by atoms with Crippen LogP contribution >= 0.6 is 0 Å². The zero-order chi connectivity index (χ0) is 29.6. The third kappa shape index (κ3) is 4.21. The highest BCUT2D eigenvalue weighted by atomic mass is 16.7. The van der Waals surface area contributed by atoms with Gasteiger partial charge in [-0.25, -0.2) is 0 Å². The molecule has 1 saturated carbocycles. The summed E-state index contributed by atoms with van der Waals surface area (Å²) in [5, 5.41) is 21.0. The molecule has 222 valence electrons. The predicted octanol–water partition coefficient (Wildman–Crippen LogP) is 7.12. The second kappa shape index (κ2) is 9.03. The Balaban J connectivity index is 1.26. The van der Waals surface area contributed by atoms with Crippen LogP contribution in [-0.4, -0.2) is 40.1 Å². The van der Waals surface area contributed by atoms with E-state index in [0.29, 0.717) is 30.6 Å². The van der Waals surface area contributed by atoms with Crippen LogP contribution in [0.15, 0.2) is 24.3 Å². The van der Waals surface area contributed by atoms with Crippen molar-refractivity contribution < 1.29 is 34.0 Å². The van der Waals surface area contributed by atoms with Gasteiger partial charge < -0.3 is 29.2 Å². The first-order chi connectivity index (χ1) is 19.1. The van der Waals surface area contributed by atoms with Gasteiger partial charge in [-0.3, -0.25) is 4.79 Å². The molecule has 2 bridgehead atoms. The van der Waals surface area contributed by atoms with E-state index in [2.05, 4.69) is 20.8 Å². The van der Waals surface area contributed by atoms with Gasteiger partial charge in [0.1, 0.15) is 40.1 Å². The van der Waals surface area contributed by atoms with Crippen molar-refractivity contribution in [2.75, 3.05) is 7.11 Å². The van der Waals surface area contributed by atoms with Crippen molar-refractivity contribution in [3.8, 4) is 28.7 Å². The molecule has 7 nitrogen and oxygen atoms in total. The molecule has 2 fully saturated rings. The van der Waals surface area contributed by atoms with E-state index < -0.39 is 22.4 Å². The van der Waals surface area contributed by atoms with Crippen LogP contribution in [0.5, 0.6) is 28.7 Å². The Hall–Kier alpha value is -2.93. The van der Waals surface area contributed by atoms with Crippen molar-refractivity contribution in [1.29, 1.82) is 0 Å². The summed E-state index contributed by atoms with van der Waals surface area (Å²) in [6.45, 7) is 12.6. The molecule has 7 heteroatoms. The average molecular weight is 565 g/mol. The average Bonchev–Trinajstić information content (AvgIpc) is 3.28. The molecule has 1 saturated heterocycles. The fraction of sp³-hybridized carbons (Fsp3) is 0.618. The molecule has 0 spiro atoms. The van der Waals surface area contributed by atoms with E-state index in [4.69, 9.17) is 18.9 Å². The molecule has 6 rings (SSSR count). The van der Waals surface area contributed by atoms with Crippen molar-refractivity contribution in [3.63, 3.8) is 0 Å².